The predicted molar refractivity (Wildman–Crippen MR) is 153 cm³/mol. The molecule has 0 aliphatic carbocycles. The van der Waals surface area contributed by atoms with Gasteiger partial charge in [0.15, 0.2) is 9.79 Å². The highest BCUT2D eigenvalue weighted by atomic mass is 32.1. The summed E-state index contributed by atoms with van der Waals surface area (Å²) in [6.07, 6.45) is 3.55. The Morgan fingerprint density at radius 2 is 0.806 bits per heavy atom. The van der Waals surface area contributed by atoms with Crippen LogP contribution in [-0.2, 0) is 0 Å². The van der Waals surface area contributed by atoms with Crippen molar-refractivity contribution in [3.63, 3.8) is 0 Å². The number of thiophene rings is 2. The molecule has 170 valence electrons. The summed E-state index contributed by atoms with van der Waals surface area (Å²) in [5, 5.41) is 4.89. The van der Waals surface area contributed by atoms with Gasteiger partial charge in [0.25, 0.3) is 0 Å². The summed E-state index contributed by atoms with van der Waals surface area (Å²) < 4.78 is 13.8. The first-order chi connectivity index (χ1) is 17.8. The molecule has 8 rings (SSSR count). The largest absolute Gasteiger partial charge is 0.454 e. The summed E-state index contributed by atoms with van der Waals surface area (Å²) in [5.41, 5.74) is 7.28. The van der Waals surface area contributed by atoms with Crippen LogP contribution in [0, 0.1) is 0 Å². The van der Waals surface area contributed by atoms with Crippen molar-refractivity contribution in [1.82, 2.24) is 0 Å². The van der Waals surface area contributed by atoms with Crippen LogP contribution in [-0.4, -0.2) is 0 Å². The first-order valence-corrected chi connectivity index (χ1v) is 13.4. The first-order valence-electron chi connectivity index (χ1n) is 11.8. The fourth-order valence-electron chi connectivity index (χ4n) is 5.12. The zero-order valence-corrected chi connectivity index (χ0v) is 20.7. The standard InChI is InChI=1S/C32H18O2S2/c1-3-19(15-21(5-1)23-7-9-29-27(17-23)25-11-13-33-31(25)35-29)20-4-2-6-22(16-20)24-8-10-30-28(18-24)26-12-14-34-32(26)36-30/h1-18H. The topological polar surface area (TPSA) is 26.3 Å². The molecule has 0 aliphatic rings. The molecule has 0 N–H and O–H groups in total. The van der Waals surface area contributed by atoms with Crippen LogP contribution in [0.3, 0.4) is 0 Å². The summed E-state index contributed by atoms with van der Waals surface area (Å²) >= 11 is 3.41. The molecule has 4 aromatic heterocycles. The van der Waals surface area contributed by atoms with E-state index in [0.717, 1.165) is 9.79 Å². The smallest absolute Gasteiger partial charge is 0.188 e. The molecule has 8 aromatic rings. The number of hydrogen-bond acceptors (Lipinski definition) is 4. The van der Waals surface area contributed by atoms with Crippen LogP contribution in [0.5, 0.6) is 0 Å². The van der Waals surface area contributed by atoms with E-state index >= 15 is 0 Å². The second-order valence-corrected chi connectivity index (χ2v) is 11.1. The van der Waals surface area contributed by atoms with Gasteiger partial charge in [0.05, 0.1) is 12.5 Å². The molecular weight excluding hydrogens is 480 g/mol. The highest BCUT2D eigenvalue weighted by molar-refractivity contribution is 7.25. The van der Waals surface area contributed by atoms with Crippen LogP contribution in [0.25, 0.3) is 74.1 Å². The fraction of sp³-hybridized carbons (Fsp3) is 0. The van der Waals surface area contributed by atoms with Crippen molar-refractivity contribution in [2.45, 2.75) is 0 Å². The van der Waals surface area contributed by atoms with Crippen molar-refractivity contribution in [1.29, 1.82) is 0 Å². The molecule has 4 heteroatoms. The molecule has 0 atom stereocenters. The van der Waals surface area contributed by atoms with Gasteiger partial charge in [-0.25, -0.2) is 0 Å². The van der Waals surface area contributed by atoms with E-state index in [0.29, 0.717) is 0 Å². The van der Waals surface area contributed by atoms with Gasteiger partial charge in [-0.15, -0.1) is 0 Å². The molecule has 0 saturated carbocycles. The fourth-order valence-corrected chi connectivity index (χ4v) is 7.14. The van der Waals surface area contributed by atoms with Crippen molar-refractivity contribution >= 4 is 63.4 Å². The second kappa shape index (κ2) is 7.69. The van der Waals surface area contributed by atoms with E-state index in [2.05, 4.69) is 97.1 Å². The molecule has 0 bridgehead atoms. The Kier molecular flexibility index (Phi) is 4.30. The lowest BCUT2D eigenvalue weighted by atomic mass is 9.95. The summed E-state index contributed by atoms with van der Waals surface area (Å²) in [5.74, 6) is 0. The van der Waals surface area contributed by atoms with Crippen LogP contribution in [0.4, 0.5) is 0 Å². The molecule has 0 radical (unpaired) electrons. The summed E-state index contributed by atoms with van der Waals surface area (Å²) in [4.78, 5) is 1.98. The molecule has 0 saturated heterocycles. The summed E-state index contributed by atoms with van der Waals surface area (Å²) in [7, 11) is 0. The Morgan fingerprint density at radius 3 is 1.25 bits per heavy atom. The van der Waals surface area contributed by atoms with Crippen LogP contribution < -0.4 is 0 Å². The Bertz CT molecular complexity index is 1910. The molecule has 2 nitrogen and oxygen atoms in total. The maximum absolute atomic E-state index is 5.62. The highest BCUT2D eigenvalue weighted by Crippen LogP contribution is 2.39. The number of rotatable bonds is 3. The third-order valence-electron chi connectivity index (χ3n) is 6.93. The Labute approximate surface area is 214 Å². The van der Waals surface area contributed by atoms with E-state index < -0.39 is 0 Å². The lowest BCUT2D eigenvalue weighted by molar-refractivity contribution is 0.623. The quantitative estimate of drug-likeness (QED) is 0.242. The Hall–Kier alpha value is -4.12. The van der Waals surface area contributed by atoms with Gasteiger partial charge < -0.3 is 8.83 Å². The molecular formula is C32H18O2S2. The van der Waals surface area contributed by atoms with E-state index in [-0.39, 0.29) is 0 Å². The van der Waals surface area contributed by atoms with Crippen LogP contribution in [0.15, 0.2) is 118 Å². The van der Waals surface area contributed by atoms with Crippen LogP contribution >= 0.6 is 22.7 Å². The van der Waals surface area contributed by atoms with Crippen molar-refractivity contribution in [2.75, 3.05) is 0 Å². The molecule has 4 heterocycles. The molecule has 36 heavy (non-hydrogen) atoms. The molecule has 0 spiro atoms. The Morgan fingerprint density at radius 1 is 0.389 bits per heavy atom. The van der Waals surface area contributed by atoms with E-state index in [1.165, 1.54) is 64.3 Å². The zero-order valence-electron chi connectivity index (χ0n) is 19.0. The van der Waals surface area contributed by atoms with E-state index in [1.807, 2.05) is 0 Å². The summed E-state index contributed by atoms with van der Waals surface area (Å²) in [6.45, 7) is 0. The molecule has 0 amide bonds. The van der Waals surface area contributed by atoms with Gasteiger partial charge in [-0.2, -0.15) is 0 Å². The van der Waals surface area contributed by atoms with Crippen molar-refractivity contribution < 1.29 is 8.83 Å². The van der Waals surface area contributed by atoms with E-state index in [9.17, 15) is 0 Å². The van der Waals surface area contributed by atoms with Gasteiger partial charge in [-0.05, 0) is 81.9 Å². The van der Waals surface area contributed by atoms with Crippen LogP contribution in [0.1, 0.15) is 0 Å². The van der Waals surface area contributed by atoms with Crippen molar-refractivity contribution in [3.8, 4) is 33.4 Å². The first kappa shape index (κ1) is 20.1. The minimum Gasteiger partial charge on any atom is -0.454 e. The minimum absolute atomic E-state index is 0.988. The Balaban J connectivity index is 1.20. The second-order valence-electron chi connectivity index (χ2n) is 9.03. The number of furan rings is 2. The molecule has 0 unspecified atom stereocenters. The average molecular weight is 499 g/mol. The maximum Gasteiger partial charge on any atom is 0.188 e. The lowest BCUT2D eigenvalue weighted by Crippen LogP contribution is -1.84. The monoisotopic (exact) mass is 498 g/mol. The SMILES string of the molecule is c1cc(-c2cccc(-c3ccc4sc5occc5c4c3)c2)cc(-c2ccc3sc4occc4c3c2)c1. The zero-order chi connectivity index (χ0) is 23.6. The third-order valence-corrected chi connectivity index (χ3v) is 9.08. The number of fused-ring (bicyclic) bond motifs is 6. The molecule has 0 fully saturated rings. The summed E-state index contributed by atoms with van der Waals surface area (Å²) in [6, 6.07) is 35.1. The minimum atomic E-state index is 0.988. The predicted octanol–water partition coefficient (Wildman–Crippen LogP) is 10.6. The molecule has 0 aliphatic heterocycles. The van der Waals surface area contributed by atoms with E-state index in [1.54, 1.807) is 35.2 Å². The van der Waals surface area contributed by atoms with Gasteiger partial charge >= 0.3 is 0 Å². The van der Waals surface area contributed by atoms with Gasteiger partial charge in [0, 0.05) is 30.9 Å². The number of benzene rings is 4. The van der Waals surface area contributed by atoms with Gasteiger partial charge in [-0.3, -0.25) is 0 Å². The van der Waals surface area contributed by atoms with Crippen LogP contribution in [0.2, 0.25) is 0 Å². The van der Waals surface area contributed by atoms with Gasteiger partial charge in [-0.1, -0.05) is 71.2 Å². The average Bonchev–Trinajstić information content (AvgIpc) is 3.70. The highest BCUT2D eigenvalue weighted by Gasteiger charge is 2.11. The normalized spacial score (nSPS) is 11.9. The van der Waals surface area contributed by atoms with Gasteiger partial charge in [0.2, 0.25) is 0 Å². The lowest BCUT2D eigenvalue weighted by Gasteiger charge is -2.09. The van der Waals surface area contributed by atoms with Crippen molar-refractivity contribution in [3.05, 3.63) is 110 Å². The third kappa shape index (κ3) is 3.08. The van der Waals surface area contributed by atoms with Crippen molar-refractivity contribution in [2.24, 2.45) is 0 Å². The molecule has 4 aromatic carbocycles. The number of hydrogen-bond donors (Lipinski definition) is 0. The van der Waals surface area contributed by atoms with Gasteiger partial charge in [0.1, 0.15) is 0 Å². The van der Waals surface area contributed by atoms with E-state index in [4.69, 9.17) is 8.83 Å². The maximum atomic E-state index is 5.62.